The Morgan fingerprint density at radius 2 is 1.65 bits per heavy atom. The highest BCUT2D eigenvalue weighted by Crippen LogP contribution is 2.68. The van der Waals surface area contributed by atoms with Gasteiger partial charge in [0.15, 0.2) is 0 Å². The van der Waals surface area contributed by atoms with Crippen molar-refractivity contribution in [1.82, 2.24) is 0 Å². The average Bonchev–Trinajstić information content (AvgIpc) is 2.71. The van der Waals surface area contributed by atoms with Crippen LogP contribution in [-0.2, 0) is 4.79 Å². The van der Waals surface area contributed by atoms with Crippen molar-refractivity contribution in [3.8, 4) is 0 Å². The Morgan fingerprint density at radius 3 is 2.39 bits per heavy atom. The van der Waals surface area contributed by atoms with Crippen LogP contribution >= 0.6 is 0 Å². The van der Waals surface area contributed by atoms with Gasteiger partial charge in [0, 0.05) is 12.8 Å². The van der Waals surface area contributed by atoms with Crippen LogP contribution in [0.15, 0.2) is 0 Å². The molecule has 8 atom stereocenters. The molecule has 2 nitrogen and oxygen atoms in total. The normalized spacial score (nSPS) is 59.2. The monoisotopic (exact) mass is 318 g/mol. The molecule has 4 aliphatic carbocycles. The number of fused-ring (bicyclic) bond motifs is 5. The van der Waals surface area contributed by atoms with E-state index in [0.717, 1.165) is 31.1 Å². The van der Waals surface area contributed by atoms with Crippen molar-refractivity contribution in [2.75, 3.05) is 0 Å². The van der Waals surface area contributed by atoms with Gasteiger partial charge in [-0.05, 0) is 85.9 Å². The second-order valence-corrected chi connectivity index (χ2v) is 10.1. The van der Waals surface area contributed by atoms with E-state index < -0.39 is 5.60 Å². The first kappa shape index (κ1) is 16.1. The van der Waals surface area contributed by atoms with Crippen molar-refractivity contribution in [3.63, 3.8) is 0 Å². The molecule has 2 heteroatoms. The van der Waals surface area contributed by atoms with Gasteiger partial charge >= 0.3 is 0 Å². The van der Waals surface area contributed by atoms with E-state index in [4.69, 9.17) is 0 Å². The molecule has 4 fully saturated rings. The highest BCUT2D eigenvalue weighted by atomic mass is 16.3. The molecule has 0 amide bonds. The van der Waals surface area contributed by atoms with Crippen LogP contribution in [0.3, 0.4) is 0 Å². The third-order valence-electron chi connectivity index (χ3n) is 9.60. The third kappa shape index (κ3) is 1.94. The Morgan fingerprint density at radius 1 is 0.957 bits per heavy atom. The van der Waals surface area contributed by atoms with Crippen LogP contribution < -0.4 is 0 Å². The van der Waals surface area contributed by atoms with E-state index in [1.807, 2.05) is 0 Å². The van der Waals surface area contributed by atoms with Crippen molar-refractivity contribution in [2.45, 2.75) is 84.7 Å². The Kier molecular flexibility index (Phi) is 3.39. The highest BCUT2D eigenvalue weighted by Gasteiger charge is 2.64. The molecule has 0 aromatic rings. The van der Waals surface area contributed by atoms with Crippen molar-refractivity contribution in [2.24, 2.45) is 40.4 Å². The number of carbonyl (C=O) groups excluding carboxylic acids is 1. The first-order valence-electron chi connectivity index (χ1n) is 9.94. The molecule has 0 aliphatic heterocycles. The molecule has 4 rings (SSSR count). The van der Waals surface area contributed by atoms with Crippen LogP contribution in [0.2, 0.25) is 0 Å². The summed E-state index contributed by atoms with van der Waals surface area (Å²) in [5.74, 6) is 3.90. The molecular formula is C21H34O2. The fourth-order valence-electron chi connectivity index (χ4n) is 7.72. The Hall–Kier alpha value is -0.370. The number of hydrogen-bond acceptors (Lipinski definition) is 2. The van der Waals surface area contributed by atoms with Gasteiger partial charge in [0.25, 0.3) is 0 Å². The van der Waals surface area contributed by atoms with E-state index >= 15 is 0 Å². The Labute approximate surface area is 141 Å². The molecule has 0 radical (unpaired) electrons. The van der Waals surface area contributed by atoms with Gasteiger partial charge < -0.3 is 5.11 Å². The highest BCUT2D eigenvalue weighted by molar-refractivity contribution is 5.80. The average molecular weight is 319 g/mol. The SMILES string of the molecule is CC1CC(=O)CC2CCC3C(CCC4(C)C3CCC4(C)O)C12C. The maximum Gasteiger partial charge on any atom is 0.133 e. The van der Waals surface area contributed by atoms with E-state index in [9.17, 15) is 9.90 Å². The number of carbonyl (C=O) groups is 1. The summed E-state index contributed by atoms with van der Waals surface area (Å²) in [6.07, 6.45) is 8.79. The lowest BCUT2D eigenvalue weighted by atomic mass is 9.42. The van der Waals surface area contributed by atoms with Crippen molar-refractivity contribution in [1.29, 1.82) is 0 Å². The van der Waals surface area contributed by atoms with Gasteiger partial charge in [-0.1, -0.05) is 20.8 Å². The number of hydrogen-bond donors (Lipinski definition) is 1. The van der Waals surface area contributed by atoms with Gasteiger partial charge in [0.05, 0.1) is 5.60 Å². The van der Waals surface area contributed by atoms with E-state index in [1.165, 1.54) is 32.1 Å². The molecule has 23 heavy (non-hydrogen) atoms. The van der Waals surface area contributed by atoms with Crippen LogP contribution in [0.5, 0.6) is 0 Å². The van der Waals surface area contributed by atoms with E-state index in [1.54, 1.807) is 0 Å². The van der Waals surface area contributed by atoms with Crippen LogP contribution in [0.4, 0.5) is 0 Å². The lowest BCUT2D eigenvalue weighted by molar-refractivity contribution is -0.165. The zero-order valence-corrected chi connectivity index (χ0v) is 15.4. The Balaban J connectivity index is 1.68. The minimum absolute atomic E-state index is 0.116. The van der Waals surface area contributed by atoms with Gasteiger partial charge in [0.2, 0.25) is 0 Å². The molecule has 4 aliphatic rings. The first-order chi connectivity index (χ1) is 10.7. The topological polar surface area (TPSA) is 37.3 Å². The molecule has 4 saturated carbocycles. The zero-order chi connectivity index (χ0) is 16.6. The van der Waals surface area contributed by atoms with Crippen molar-refractivity contribution >= 4 is 5.78 Å². The second-order valence-electron chi connectivity index (χ2n) is 10.1. The van der Waals surface area contributed by atoms with Gasteiger partial charge in [0.1, 0.15) is 5.78 Å². The fourth-order valence-corrected chi connectivity index (χ4v) is 7.72. The number of Topliss-reactive ketones (excluding diaryl/α,β-unsaturated/α-hetero) is 1. The summed E-state index contributed by atoms with van der Waals surface area (Å²) in [4.78, 5) is 12.1. The maximum absolute atomic E-state index is 12.1. The molecule has 1 N–H and O–H groups in total. The number of aliphatic hydroxyl groups is 1. The minimum Gasteiger partial charge on any atom is -0.390 e. The van der Waals surface area contributed by atoms with Gasteiger partial charge in [-0.3, -0.25) is 4.79 Å². The number of ketones is 1. The molecule has 0 spiro atoms. The second kappa shape index (κ2) is 4.84. The Bertz CT molecular complexity index is 524. The summed E-state index contributed by atoms with van der Waals surface area (Å²) >= 11 is 0. The molecule has 130 valence electrons. The summed E-state index contributed by atoms with van der Waals surface area (Å²) in [5.41, 5.74) is -0.00771. The quantitative estimate of drug-likeness (QED) is 0.709. The first-order valence-corrected chi connectivity index (χ1v) is 9.94. The summed E-state index contributed by atoms with van der Waals surface area (Å²) in [6.45, 7) is 9.30. The molecule has 0 saturated heterocycles. The summed E-state index contributed by atoms with van der Waals surface area (Å²) in [7, 11) is 0. The van der Waals surface area contributed by atoms with Crippen LogP contribution in [0.25, 0.3) is 0 Å². The van der Waals surface area contributed by atoms with Crippen molar-refractivity contribution < 1.29 is 9.90 Å². The summed E-state index contributed by atoms with van der Waals surface area (Å²) < 4.78 is 0. The van der Waals surface area contributed by atoms with Crippen LogP contribution in [0.1, 0.15) is 79.1 Å². The molecule has 0 aromatic heterocycles. The zero-order valence-electron chi connectivity index (χ0n) is 15.4. The fraction of sp³-hybridized carbons (Fsp3) is 0.952. The standard InChI is InChI=1S/C21H34O2/c1-13-11-15(22)12-14-5-6-16-17-8-10-20(3,23)19(17,2)9-7-18(16)21(13,14)4/h13-14,16-18,23H,5-12H2,1-4H3. The van der Waals surface area contributed by atoms with E-state index in [-0.39, 0.29) is 5.41 Å². The lowest BCUT2D eigenvalue weighted by Gasteiger charge is -2.62. The molecule has 0 bridgehead atoms. The van der Waals surface area contributed by atoms with Crippen LogP contribution in [0, 0.1) is 40.4 Å². The number of rotatable bonds is 0. The minimum atomic E-state index is -0.478. The summed E-state index contributed by atoms with van der Waals surface area (Å²) in [6, 6.07) is 0. The molecule has 0 aromatic carbocycles. The predicted molar refractivity (Wildman–Crippen MR) is 91.9 cm³/mol. The molecular weight excluding hydrogens is 284 g/mol. The molecule has 0 heterocycles. The van der Waals surface area contributed by atoms with Gasteiger partial charge in [-0.25, -0.2) is 0 Å². The van der Waals surface area contributed by atoms with Gasteiger partial charge in [-0.15, -0.1) is 0 Å². The van der Waals surface area contributed by atoms with Gasteiger partial charge in [-0.2, -0.15) is 0 Å². The predicted octanol–water partition coefficient (Wildman–Crippen LogP) is 4.60. The van der Waals surface area contributed by atoms with E-state index in [2.05, 4.69) is 27.7 Å². The van der Waals surface area contributed by atoms with E-state index in [0.29, 0.717) is 29.0 Å². The third-order valence-corrected chi connectivity index (χ3v) is 9.60. The van der Waals surface area contributed by atoms with Crippen LogP contribution in [-0.4, -0.2) is 16.5 Å². The largest absolute Gasteiger partial charge is 0.390 e. The lowest BCUT2D eigenvalue weighted by Crippen LogP contribution is -2.58. The maximum atomic E-state index is 12.1. The van der Waals surface area contributed by atoms with Crippen molar-refractivity contribution in [3.05, 3.63) is 0 Å². The smallest absolute Gasteiger partial charge is 0.133 e. The molecule has 8 unspecified atom stereocenters. The summed E-state index contributed by atoms with van der Waals surface area (Å²) in [5, 5.41) is 11.0.